The van der Waals surface area contributed by atoms with Gasteiger partial charge in [0.25, 0.3) is 11.8 Å². The van der Waals surface area contributed by atoms with Gasteiger partial charge in [0.05, 0.1) is 28.7 Å². The number of benzene rings is 2. The first-order valence-corrected chi connectivity index (χ1v) is 8.08. The van der Waals surface area contributed by atoms with E-state index >= 15 is 0 Å². The molecule has 0 aliphatic rings. The molecule has 1 heterocycles. The minimum Gasteiger partial charge on any atom is -0.349 e. The van der Waals surface area contributed by atoms with E-state index in [1.807, 2.05) is 30.3 Å². The summed E-state index contributed by atoms with van der Waals surface area (Å²) in [6.45, 7) is 3.92. The van der Waals surface area contributed by atoms with E-state index in [9.17, 15) is 9.59 Å². The van der Waals surface area contributed by atoms with Crippen LogP contribution in [0.15, 0.2) is 79.6 Å². The van der Waals surface area contributed by atoms with Crippen LogP contribution in [0.4, 0.5) is 5.69 Å². The molecular weight excluding hydrogens is 328 g/mol. The number of rotatable bonds is 6. The van der Waals surface area contributed by atoms with E-state index in [0.29, 0.717) is 23.4 Å². The SMILES string of the molecule is C=CCNC(=O)c1ccccc1NC(=O)c1cnn(-c2ccccc2)c1. The Morgan fingerprint density at radius 1 is 1.04 bits per heavy atom. The molecule has 0 radical (unpaired) electrons. The first-order chi connectivity index (χ1) is 12.7. The molecule has 2 amide bonds. The predicted octanol–water partition coefficient (Wildman–Crippen LogP) is 3.04. The molecule has 2 N–H and O–H groups in total. The van der Waals surface area contributed by atoms with Crippen LogP contribution in [0.5, 0.6) is 0 Å². The largest absolute Gasteiger partial charge is 0.349 e. The minimum absolute atomic E-state index is 0.277. The third-order valence-electron chi connectivity index (χ3n) is 3.69. The van der Waals surface area contributed by atoms with Gasteiger partial charge in [0.1, 0.15) is 0 Å². The van der Waals surface area contributed by atoms with E-state index in [-0.39, 0.29) is 11.8 Å². The molecular formula is C20H18N4O2. The number of hydrogen-bond donors (Lipinski definition) is 2. The molecule has 0 saturated carbocycles. The summed E-state index contributed by atoms with van der Waals surface area (Å²) in [6, 6.07) is 16.3. The highest BCUT2D eigenvalue weighted by Crippen LogP contribution is 2.17. The molecule has 26 heavy (non-hydrogen) atoms. The van der Waals surface area contributed by atoms with Gasteiger partial charge in [0.15, 0.2) is 0 Å². The Morgan fingerprint density at radius 2 is 1.77 bits per heavy atom. The Labute approximate surface area is 151 Å². The van der Waals surface area contributed by atoms with Crippen LogP contribution in [-0.4, -0.2) is 28.1 Å². The first kappa shape index (κ1) is 17.2. The lowest BCUT2D eigenvalue weighted by molar-refractivity contribution is 0.0959. The summed E-state index contributed by atoms with van der Waals surface area (Å²) in [5.41, 5.74) is 2.08. The van der Waals surface area contributed by atoms with Crippen molar-refractivity contribution < 1.29 is 9.59 Å². The van der Waals surface area contributed by atoms with Crippen molar-refractivity contribution in [1.82, 2.24) is 15.1 Å². The standard InChI is InChI=1S/C20H18N4O2/c1-2-12-21-20(26)17-10-6-7-11-18(17)23-19(25)15-13-22-24(14-15)16-8-4-3-5-9-16/h2-11,13-14H,1,12H2,(H,21,26)(H,23,25). The number of para-hydroxylation sites is 2. The van der Waals surface area contributed by atoms with Gasteiger partial charge < -0.3 is 10.6 Å². The van der Waals surface area contributed by atoms with E-state index in [2.05, 4.69) is 22.3 Å². The number of hydrogen-bond acceptors (Lipinski definition) is 3. The average Bonchev–Trinajstić information content (AvgIpc) is 3.17. The van der Waals surface area contributed by atoms with Crippen molar-refractivity contribution in [1.29, 1.82) is 0 Å². The molecule has 6 nitrogen and oxygen atoms in total. The van der Waals surface area contributed by atoms with Crippen LogP contribution < -0.4 is 10.6 Å². The quantitative estimate of drug-likeness (QED) is 0.674. The lowest BCUT2D eigenvalue weighted by Gasteiger charge is -2.10. The zero-order valence-electron chi connectivity index (χ0n) is 14.1. The third-order valence-corrected chi connectivity index (χ3v) is 3.69. The van der Waals surface area contributed by atoms with Gasteiger partial charge in [0.2, 0.25) is 0 Å². The van der Waals surface area contributed by atoms with Gasteiger partial charge in [-0.3, -0.25) is 9.59 Å². The van der Waals surface area contributed by atoms with Crippen LogP contribution >= 0.6 is 0 Å². The number of anilines is 1. The Balaban J connectivity index is 1.78. The van der Waals surface area contributed by atoms with E-state index in [4.69, 9.17) is 0 Å². The maximum atomic E-state index is 12.5. The summed E-state index contributed by atoms with van der Waals surface area (Å²) in [4.78, 5) is 24.7. The molecule has 0 spiro atoms. The van der Waals surface area contributed by atoms with E-state index in [0.717, 1.165) is 5.69 Å². The monoisotopic (exact) mass is 346 g/mol. The van der Waals surface area contributed by atoms with Gasteiger partial charge in [-0.1, -0.05) is 36.4 Å². The summed E-state index contributed by atoms with van der Waals surface area (Å²) in [5.74, 6) is -0.614. The zero-order valence-corrected chi connectivity index (χ0v) is 14.1. The topological polar surface area (TPSA) is 76.0 Å². The smallest absolute Gasteiger partial charge is 0.258 e. The average molecular weight is 346 g/mol. The summed E-state index contributed by atoms with van der Waals surface area (Å²) >= 11 is 0. The van der Waals surface area contributed by atoms with Crippen molar-refractivity contribution in [3.05, 3.63) is 90.8 Å². The van der Waals surface area contributed by atoms with Crippen LogP contribution in [0.3, 0.4) is 0 Å². The molecule has 3 aromatic rings. The highest BCUT2D eigenvalue weighted by Gasteiger charge is 2.15. The van der Waals surface area contributed by atoms with Crippen molar-refractivity contribution in [3.8, 4) is 5.69 Å². The van der Waals surface area contributed by atoms with Crippen molar-refractivity contribution in [2.75, 3.05) is 11.9 Å². The molecule has 0 aliphatic heterocycles. The summed E-state index contributed by atoms with van der Waals surface area (Å²) in [5, 5.41) is 9.69. The first-order valence-electron chi connectivity index (χ1n) is 8.08. The fraction of sp³-hybridized carbons (Fsp3) is 0.0500. The highest BCUT2D eigenvalue weighted by atomic mass is 16.2. The van der Waals surface area contributed by atoms with Gasteiger partial charge in [-0.15, -0.1) is 6.58 Å². The van der Waals surface area contributed by atoms with Crippen LogP contribution in [0.2, 0.25) is 0 Å². The highest BCUT2D eigenvalue weighted by molar-refractivity contribution is 6.08. The van der Waals surface area contributed by atoms with Crippen LogP contribution in [-0.2, 0) is 0 Å². The Hall–Kier alpha value is -3.67. The number of nitrogens with one attached hydrogen (secondary N) is 2. The Morgan fingerprint density at radius 3 is 2.54 bits per heavy atom. The molecule has 0 unspecified atom stereocenters. The maximum Gasteiger partial charge on any atom is 0.258 e. The van der Waals surface area contributed by atoms with Gasteiger partial charge in [-0.2, -0.15) is 5.10 Å². The molecule has 0 aliphatic carbocycles. The van der Waals surface area contributed by atoms with Crippen molar-refractivity contribution >= 4 is 17.5 Å². The van der Waals surface area contributed by atoms with Gasteiger partial charge in [-0.25, -0.2) is 4.68 Å². The van der Waals surface area contributed by atoms with E-state index in [1.54, 1.807) is 41.2 Å². The number of aromatic nitrogens is 2. The molecule has 1 aromatic heterocycles. The van der Waals surface area contributed by atoms with E-state index < -0.39 is 0 Å². The lowest BCUT2D eigenvalue weighted by Crippen LogP contribution is -2.25. The summed E-state index contributed by atoms with van der Waals surface area (Å²) in [6.07, 6.45) is 4.73. The predicted molar refractivity (Wildman–Crippen MR) is 100 cm³/mol. The van der Waals surface area contributed by atoms with E-state index in [1.165, 1.54) is 6.20 Å². The number of carbonyl (C=O) groups is 2. The molecule has 0 saturated heterocycles. The Kier molecular flexibility index (Phi) is 5.24. The second kappa shape index (κ2) is 7.94. The molecule has 130 valence electrons. The summed E-state index contributed by atoms with van der Waals surface area (Å²) < 4.78 is 1.62. The fourth-order valence-electron chi connectivity index (χ4n) is 2.41. The molecule has 2 aromatic carbocycles. The third kappa shape index (κ3) is 3.87. The summed E-state index contributed by atoms with van der Waals surface area (Å²) in [7, 11) is 0. The molecule has 6 heteroatoms. The Bertz CT molecular complexity index is 932. The van der Waals surface area contributed by atoms with Crippen molar-refractivity contribution in [2.45, 2.75) is 0 Å². The minimum atomic E-state index is -0.337. The molecule has 0 fully saturated rings. The van der Waals surface area contributed by atoms with Crippen LogP contribution in [0.25, 0.3) is 5.69 Å². The lowest BCUT2D eigenvalue weighted by atomic mass is 10.1. The zero-order chi connectivity index (χ0) is 18.4. The molecule has 3 rings (SSSR count). The van der Waals surface area contributed by atoms with Crippen LogP contribution in [0.1, 0.15) is 20.7 Å². The second-order valence-corrected chi connectivity index (χ2v) is 5.51. The van der Waals surface area contributed by atoms with Gasteiger partial charge in [-0.05, 0) is 24.3 Å². The number of carbonyl (C=O) groups excluding carboxylic acids is 2. The maximum absolute atomic E-state index is 12.5. The molecule has 0 bridgehead atoms. The fourth-order valence-corrected chi connectivity index (χ4v) is 2.41. The van der Waals surface area contributed by atoms with Gasteiger partial charge >= 0.3 is 0 Å². The van der Waals surface area contributed by atoms with Crippen molar-refractivity contribution in [3.63, 3.8) is 0 Å². The number of nitrogens with zero attached hydrogens (tertiary/aromatic N) is 2. The number of amides is 2. The second-order valence-electron chi connectivity index (χ2n) is 5.51. The van der Waals surface area contributed by atoms with Crippen molar-refractivity contribution in [2.24, 2.45) is 0 Å². The van der Waals surface area contributed by atoms with Gasteiger partial charge in [0, 0.05) is 12.7 Å². The van der Waals surface area contributed by atoms with Crippen LogP contribution in [0, 0.1) is 0 Å². The molecule has 0 atom stereocenters. The normalized spacial score (nSPS) is 10.2.